The Balaban J connectivity index is 0.000000845. The number of rotatable bonds is 1. The highest BCUT2D eigenvalue weighted by molar-refractivity contribution is 5.85. The fourth-order valence-corrected chi connectivity index (χ4v) is 1.98. The maximum absolute atomic E-state index is 5.61. The summed E-state index contributed by atoms with van der Waals surface area (Å²) in [6.45, 7) is 4.56. The topological polar surface area (TPSA) is 24.5 Å². The van der Waals surface area contributed by atoms with Crippen molar-refractivity contribution in [3.05, 3.63) is 0 Å². The van der Waals surface area contributed by atoms with Gasteiger partial charge in [0.25, 0.3) is 0 Å². The molecule has 0 saturated carbocycles. The van der Waals surface area contributed by atoms with Crippen molar-refractivity contribution in [2.75, 3.05) is 32.8 Å². The number of ether oxygens (including phenoxy) is 1. The summed E-state index contributed by atoms with van der Waals surface area (Å²) in [6, 6.07) is 0.509. The lowest BCUT2D eigenvalue weighted by atomic mass is 10.1. The van der Waals surface area contributed by atoms with Gasteiger partial charge < -0.3 is 10.1 Å². The Bertz CT molecular complexity index is 204. The van der Waals surface area contributed by atoms with Crippen molar-refractivity contribution < 1.29 is 4.74 Å². The molecule has 2 aliphatic heterocycles. The van der Waals surface area contributed by atoms with Crippen molar-refractivity contribution in [2.24, 2.45) is 0 Å². The summed E-state index contributed by atoms with van der Waals surface area (Å²) in [5.41, 5.74) is 0. The maximum atomic E-state index is 5.61. The number of nitrogens with zero attached hydrogens (tertiary/aromatic N) is 1. The minimum atomic E-state index is 0. The van der Waals surface area contributed by atoms with E-state index in [2.05, 4.69) is 16.1 Å². The molecule has 0 aromatic carbocycles. The lowest BCUT2D eigenvalue weighted by molar-refractivity contribution is -0.0414. The molecule has 2 atom stereocenters. The van der Waals surface area contributed by atoms with E-state index >= 15 is 0 Å². The molecule has 0 spiro atoms. The highest BCUT2D eigenvalue weighted by Crippen LogP contribution is 2.16. The van der Waals surface area contributed by atoms with Crippen LogP contribution in [0.15, 0.2) is 0 Å². The Kier molecular flexibility index (Phi) is 4.01. The van der Waals surface area contributed by atoms with Gasteiger partial charge in [-0.1, -0.05) is 5.92 Å². The smallest absolute Gasteiger partial charge is 0.0867 e. The zero-order valence-electron chi connectivity index (χ0n) is 7.53. The van der Waals surface area contributed by atoms with Crippen molar-refractivity contribution in [1.29, 1.82) is 0 Å². The molecule has 0 radical (unpaired) electrons. The van der Waals surface area contributed by atoms with Gasteiger partial charge in [-0.15, -0.1) is 18.8 Å². The Labute approximate surface area is 85.2 Å². The molecular formula is C9H15ClN2O. The predicted octanol–water partition coefficient (Wildman–Crippen LogP) is -0.286. The first-order valence-electron chi connectivity index (χ1n) is 4.41. The van der Waals surface area contributed by atoms with E-state index in [0.29, 0.717) is 12.1 Å². The summed E-state index contributed by atoms with van der Waals surface area (Å²) in [7, 11) is 0. The van der Waals surface area contributed by atoms with Gasteiger partial charge in [-0.05, 0) is 0 Å². The third-order valence-corrected chi connectivity index (χ3v) is 2.60. The molecule has 74 valence electrons. The quantitative estimate of drug-likeness (QED) is 0.592. The maximum Gasteiger partial charge on any atom is 0.0867 e. The minimum Gasteiger partial charge on any atom is -0.374 e. The van der Waals surface area contributed by atoms with Crippen LogP contribution in [0.25, 0.3) is 0 Å². The van der Waals surface area contributed by atoms with Gasteiger partial charge in [0.2, 0.25) is 0 Å². The van der Waals surface area contributed by atoms with Crippen molar-refractivity contribution in [1.82, 2.24) is 10.2 Å². The first kappa shape index (κ1) is 10.8. The molecule has 0 aliphatic carbocycles. The first-order chi connectivity index (χ1) is 5.92. The summed E-state index contributed by atoms with van der Waals surface area (Å²) in [4.78, 5) is 2.33. The van der Waals surface area contributed by atoms with Crippen LogP contribution in [0.2, 0.25) is 0 Å². The summed E-state index contributed by atoms with van der Waals surface area (Å²) in [5, 5.41) is 3.32. The highest BCUT2D eigenvalue weighted by Gasteiger charge is 2.35. The standard InChI is InChI=1S/C9H14N2O.ClH/c1-2-3-11-4-5-12-9-7-10-6-8(9)11;/h1,8-10H,3-7H2;1H/t8-,9+;/m1./s1. The van der Waals surface area contributed by atoms with E-state index in [-0.39, 0.29) is 12.4 Å². The van der Waals surface area contributed by atoms with E-state index in [4.69, 9.17) is 11.2 Å². The molecule has 2 fully saturated rings. The molecule has 0 bridgehead atoms. The van der Waals surface area contributed by atoms with Crippen LogP contribution in [-0.4, -0.2) is 49.8 Å². The molecule has 0 aromatic heterocycles. The average Bonchev–Trinajstić information content (AvgIpc) is 2.53. The molecule has 2 saturated heterocycles. The molecule has 3 nitrogen and oxygen atoms in total. The lowest BCUT2D eigenvalue weighted by Gasteiger charge is -2.35. The van der Waals surface area contributed by atoms with E-state index in [1.807, 2.05) is 0 Å². The fourth-order valence-electron chi connectivity index (χ4n) is 1.98. The summed E-state index contributed by atoms with van der Waals surface area (Å²) in [5.74, 6) is 2.69. The number of terminal acetylenes is 1. The van der Waals surface area contributed by atoms with Gasteiger partial charge >= 0.3 is 0 Å². The molecule has 0 aromatic rings. The van der Waals surface area contributed by atoms with Crippen LogP contribution in [0.1, 0.15) is 0 Å². The Morgan fingerprint density at radius 1 is 1.54 bits per heavy atom. The van der Waals surface area contributed by atoms with Crippen LogP contribution in [0, 0.1) is 12.3 Å². The molecule has 0 unspecified atom stereocenters. The van der Waals surface area contributed by atoms with Gasteiger partial charge in [-0.2, -0.15) is 0 Å². The highest BCUT2D eigenvalue weighted by atomic mass is 35.5. The van der Waals surface area contributed by atoms with Gasteiger partial charge in [-0.3, -0.25) is 4.90 Å². The predicted molar refractivity (Wildman–Crippen MR) is 54.1 cm³/mol. The van der Waals surface area contributed by atoms with Gasteiger partial charge in [0.15, 0.2) is 0 Å². The molecule has 4 heteroatoms. The molecule has 2 heterocycles. The van der Waals surface area contributed by atoms with Crippen LogP contribution in [0.3, 0.4) is 0 Å². The Morgan fingerprint density at radius 2 is 2.38 bits per heavy atom. The largest absolute Gasteiger partial charge is 0.374 e. The number of nitrogens with one attached hydrogen (secondary N) is 1. The Morgan fingerprint density at radius 3 is 3.15 bits per heavy atom. The summed E-state index contributed by atoms with van der Waals surface area (Å²) >= 11 is 0. The molecular weight excluding hydrogens is 188 g/mol. The van der Waals surface area contributed by atoms with Gasteiger partial charge in [0.1, 0.15) is 0 Å². The SMILES string of the molecule is C#CCN1CCO[C@H]2CNC[C@H]21.Cl. The molecule has 0 amide bonds. The van der Waals surface area contributed by atoms with Gasteiger partial charge in [0.05, 0.1) is 25.3 Å². The lowest BCUT2D eigenvalue weighted by Crippen LogP contribution is -2.50. The number of morpholine rings is 1. The van der Waals surface area contributed by atoms with Crippen LogP contribution in [0.4, 0.5) is 0 Å². The van der Waals surface area contributed by atoms with Crippen molar-refractivity contribution in [3.8, 4) is 12.3 Å². The zero-order chi connectivity index (χ0) is 8.39. The van der Waals surface area contributed by atoms with Crippen LogP contribution < -0.4 is 5.32 Å². The third kappa shape index (κ3) is 2.15. The molecule has 1 N–H and O–H groups in total. The van der Waals surface area contributed by atoms with E-state index < -0.39 is 0 Å². The van der Waals surface area contributed by atoms with E-state index in [0.717, 1.165) is 32.8 Å². The molecule has 2 rings (SSSR count). The van der Waals surface area contributed by atoms with Gasteiger partial charge in [-0.25, -0.2) is 0 Å². The number of hydrogen-bond donors (Lipinski definition) is 1. The van der Waals surface area contributed by atoms with E-state index in [1.54, 1.807) is 0 Å². The zero-order valence-corrected chi connectivity index (χ0v) is 8.35. The number of halogens is 1. The van der Waals surface area contributed by atoms with Gasteiger partial charge in [0, 0.05) is 19.6 Å². The third-order valence-electron chi connectivity index (χ3n) is 2.60. The van der Waals surface area contributed by atoms with Crippen LogP contribution >= 0.6 is 12.4 Å². The second-order valence-electron chi connectivity index (χ2n) is 3.31. The van der Waals surface area contributed by atoms with Crippen LogP contribution in [0.5, 0.6) is 0 Å². The van der Waals surface area contributed by atoms with E-state index in [9.17, 15) is 0 Å². The average molecular weight is 203 g/mol. The minimum absolute atomic E-state index is 0. The normalized spacial score (nSPS) is 33.2. The fraction of sp³-hybridized carbons (Fsp3) is 0.778. The molecule has 13 heavy (non-hydrogen) atoms. The second-order valence-corrected chi connectivity index (χ2v) is 3.31. The monoisotopic (exact) mass is 202 g/mol. The van der Waals surface area contributed by atoms with E-state index in [1.165, 1.54) is 0 Å². The number of fused-ring (bicyclic) bond motifs is 1. The summed E-state index contributed by atoms with van der Waals surface area (Å²) in [6.07, 6.45) is 5.66. The first-order valence-corrected chi connectivity index (χ1v) is 4.41. The summed E-state index contributed by atoms with van der Waals surface area (Å²) < 4.78 is 5.61. The van der Waals surface area contributed by atoms with Crippen LogP contribution in [-0.2, 0) is 4.74 Å². The second kappa shape index (κ2) is 4.83. The number of hydrogen-bond acceptors (Lipinski definition) is 3. The molecule has 2 aliphatic rings. The van der Waals surface area contributed by atoms with Crippen molar-refractivity contribution in [2.45, 2.75) is 12.1 Å². The van der Waals surface area contributed by atoms with Crippen molar-refractivity contribution in [3.63, 3.8) is 0 Å². The van der Waals surface area contributed by atoms with Crippen molar-refractivity contribution >= 4 is 12.4 Å². The Hall–Kier alpha value is -0.270.